The Morgan fingerprint density at radius 1 is 1.06 bits per heavy atom. The number of carbonyl (C=O) groups excluding carboxylic acids is 3. The predicted octanol–water partition coefficient (Wildman–Crippen LogP) is 3.66. The standard InChI is InChI=1S/C22H24N4O4S/c1-12(2)19(25-20(28)15-7-5-6-8-17(15)30-4)21(29)26-22-24-16-10-9-14(23-13(3)27)11-18(16)31-22/h5-12,19H,1-4H3,(H,23,27)(H,25,28)(H,24,26,29). The number of rotatable bonds is 7. The number of fused-ring (bicyclic) bond motifs is 1. The number of thiazole rings is 1. The number of carbonyl (C=O) groups is 3. The van der Waals surface area contributed by atoms with Crippen LogP contribution in [0.4, 0.5) is 10.8 Å². The number of benzene rings is 2. The van der Waals surface area contributed by atoms with E-state index < -0.39 is 11.9 Å². The van der Waals surface area contributed by atoms with Gasteiger partial charge >= 0.3 is 0 Å². The summed E-state index contributed by atoms with van der Waals surface area (Å²) in [6, 6.07) is 11.4. The van der Waals surface area contributed by atoms with Crippen LogP contribution in [0.3, 0.4) is 0 Å². The average molecular weight is 441 g/mol. The molecule has 0 spiro atoms. The zero-order chi connectivity index (χ0) is 22.5. The summed E-state index contributed by atoms with van der Waals surface area (Å²) < 4.78 is 6.06. The van der Waals surface area contributed by atoms with Crippen molar-refractivity contribution in [3.8, 4) is 5.75 Å². The number of hydrogen-bond donors (Lipinski definition) is 3. The fraction of sp³-hybridized carbons (Fsp3) is 0.273. The Morgan fingerprint density at radius 3 is 2.48 bits per heavy atom. The van der Waals surface area contributed by atoms with Crippen LogP contribution in [-0.2, 0) is 9.59 Å². The average Bonchev–Trinajstić information content (AvgIpc) is 3.12. The molecule has 8 nitrogen and oxygen atoms in total. The highest BCUT2D eigenvalue weighted by Crippen LogP contribution is 2.28. The molecule has 9 heteroatoms. The smallest absolute Gasteiger partial charge is 0.255 e. The van der Waals surface area contributed by atoms with Crippen LogP contribution in [0, 0.1) is 5.92 Å². The summed E-state index contributed by atoms with van der Waals surface area (Å²) in [6.45, 7) is 5.14. The fourth-order valence-electron chi connectivity index (χ4n) is 3.03. The molecule has 1 atom stereocenters. The van der Waals surface area contributed by atoms with Crippen LogP contribution in [0.25, 0.3) is 10.2 Å². The Kier molecular flexibility index (Phi) is 6.86. The van der Waals surface area contributed by atoms with E-state index in [-0.39, 0.29) is 17.7 Å². The summed E-state index contributed by atoms with van der Waals surface area (Å²) in [5, 5.41) is 8.72. The minimum atomic E-state index is -0.764. The van der Waals surface area contributed by atoms with Crippen molar-refractivity contribution in [2.24, 2.45) is 5.92 Å². The van der Waals surface area contributed by atoms with Gasteiger partial charge in [-0.05, 0) is 36.2 Å². The predicted molar refractivity (Wildman–Crippen MR) is 122 cm³/mol. The molecule has 1 heterocycles. The van der Waals surface area contributed by atoms with Crippen LogP contribution in [0.1, 0.15) is 31.1 Å². The molecule has 3 rings (SSSR count). The van der Waals surface area contributed by atoms with Crippen molar-refractivity contribution in [3.05, 3.63) is 48.0 Å². The van der Waals surface area contributed by atoms with E-state index in [9.17, 15) is 14.4 Å². The molecule has 0 aliphatic rings. The topological polar surface area (TPSA) is 109 Å². The molecule has 0 fully saturated rings. The third-order valence-electron chi connectivity index (χ3n) is 4.53. The summed E-state index contributed by atoms with van der Waals surface area (Å²) in [5.74, 6) is -0.638. The lowest BCUT2D eigenvalue weighted by Gasteiger charge is -2.21. The van der Waals surface area contributed by atoms with Crippen LogP contribution in [0.15, 0.2) is 42.5 Å². The minimum Gasteiger partial charge on any atom is -0.496 e. The quantitative estimate of drug-likeness (QED) is 0.519. The second-order valence-electron chi connectivity index (χ2n) is 7.27. The number of para-hydroxylation sites is 1. The molecule has 3 aromatic rings. The fourth-order valence-corrected chi connectivity index (χ4v) is 3.94. The van der Waals surface area contributed by atoms with Gasteiger partial charge in [0.1, 0.15) is 11.8 Å². The van der Waals surface area contributed by atoms with E-state index >= 15 is 0 Å². The lowest BCUT2D eigenvalue weighted by molar-refractivity contribution is -0.119. The van der Waals surface area contributed by atoms with Crippen molar-refractivity contribution >= 4 is 50.1 Å². The molecule has 0 aliphatic heterocycles. The summed E-state index contributed by atoms with van der Waals surface area (Å²) in [6.07, 6.45) is 0. The van der Waals surface area contributed by atoms with Gasteiger partial charge in [0.15, 0.2) is 5.13 Å². The highest BCUT2D eigenvalue weighted by Gasteiger charge is 2.26. The number of anilines is 2. The second-order valence-corrected chi connectivity index (χ2v) is 8.30. The Balaban J connectivity index is 1.76. The number of ether oxygens (including phenoxy) is 1. The normalized spacial score (nSPS) is 11.8. The zero-order valence-electron chi connectivity index (χ0n) is 17.7. The van der Waals surface area contributed by atoms with Crippen molar-refractivity contribution in [1.82, 2.24) is 10.3 Å². The van der Waals surface area contributed by atoms with Crippen LogP contribution < -0.4 is 20.7 Å². The third-order valence-corrected chi connectivity index (χ3v) is 5.46. The van der Waals surface area contributed by atoms with Crippen molar-refractivity contribution in [2.45, 2.75) is 26.8 Å². The Morgan fingerprint density at radius 2 is 1.81 bits per heavy atom. The van der Waals surface area contributed by atoms with Crippen molar-refractivity contribution in [2.75, 3.05) is 17.7 Å². The molecule has 162 valence electrons. The van der Waals surface area contributed by atoms with Gasteiger partial charge in [-0.3, -0.25) is 14.4 Å². The van der Waals surface area contributed by atoms with Crippen LogP contribution >= 0.6 is 11.3 Å². The van der Waals surface area contributed by atoms with E-state index in [4.69, 9.17) is 4.74 Å². The first kappa shape index (κ1) is 22.2. The van der Waals surface area contributed by atoms with Gasteiger partial charge < -0.3 is 20.7 Å². The summed E-state index contributed by atoms with van der Waals surface area (Å²) in [4.78, 5) is 41.3. The number of aromatic nitrogens is 1. The minimum absolute atomic E-state index is 0.153. The number of amides is 3. The van der Waals surface area contributed by atoms with Gasteiger partial charge in [0.25, 0.3) is 5.91 Å². The van der Waals surface area contributed by atoms with Crippen molar-refractivity contribution in [3.63, 3.8) is 0 Å². The maximum absolute atomic E-state index is 12.9. The molecule has 0 radical (unpaired) electrons. The number of hydrogen-bond acceptors (Lipinski definition) is 6. The van der Waals surface area contributed by atoms with Gasteiger partial charge in [0.2, 0.25) is 11.8 Å². The van der Waals surface area contributed by atoms with E-state index in [0.717, 1.165) is 4.70 Å². The summed E-state index contributed by atoms with van der Waals surface area (Å²) in [5.41, 5.74) is 1.72. The highest BCUT2D eigenvalue weighted by atomic mass is 32.1. The second kappa shape index (κ2) is 9.57. The SMILES string of the molecule is COc1ccccc1C(=O)NC(C(=O)Nc1nc2ccc(NC(C)=O)cc2s1)C(C)C. The maximum atomic E-state index is 12.9. The van der Waals surface area contributed by atoms with Gasteiger partial charge in [-0.25, -0.2) is 4.98 Å². The molecule has 1 unspecified atom stereocenters. The van der Waals surface area contributed by atoms with E-state index in [0.29, 0.717) is 27.6 Å². The Labute approximate surface area is 184 Å². The van der Waals surface area contributed by atoms with Crippen molar-refractivity contribution in [1.29, 1.82) is 0 Å². The first-order chi connectivity index (χ1) is 14.8. The lowest BCUT2D eigenvalue weighted by Crippen LogP contribution is -2.47. The summed E-state index contributed by atoms with van der Waals surface area (Å²) in [7, 11) is 1.49. The lowest BCUT2D eigenvalue weighted by atomic mass is 10.0. The molecule has 0 bridgehead atoms. The van der Waals surface area contributed by atoms with Gasteiger partial charge in [-0.1, -0.05) is 37.3 Å². The van der Waals surface area contributed by atoms with Crippen LogP contribution in [0.5, 0.6) is 5.75 Å². The maximum Gasteiger partial charge on any atom is 0.255 e. The Hall–Kier alpha value is -3.46. The molecule has 31 heavy (non-hydrogen) atoms. The van der Waals surface area contributed by atoms with E-state index in [1.807, 2.05) is 13.8 Å². The van der Waals surface area contributed by atoms with E-state index in [2.05, 4.69) is 20.9 Å². The molecule has 0 aliphatic carbocycles. The molecule has 0 saturated carbocycles. The van der Waals surface area contributed by atoms with Crippen LogP contribution in [-0.4, -0.2) is 35.9 Å². The first-order valence-electron chi connectivity index (χ1n) is 9.71. The van der Waals surface area contributed by atoms with Gasteiger partial charge in [0, 0.05) is 12.6 Å². The molecule has 1 aromatic heterocycles. The highest BCUT2D eigenvalue weighted by molar-refractivity contribution is 7.22. The van der Waals surface area contributed by atoms with Crippen LogP contribution in [0.2, 0.25) is 0 Å². The van der Waals surface area contributed by atoms with Gasteiger partial charge in [-0.15, -0.1) is 0 Å². The third kappa shape index (κ3) is 5.37. The van der Waals surface area contributed by atoms with Gasteiger partial charge in [0.05, 0.1) is 22.9 Å². The molecular formula is C22H24N4O4S. The van der Waals surface area contributed by atoms with E-state index in [1.54, 1.807) is 42.5 Å². The summed E-state index contributed by atoms with van der Waals surface area (Å²) >= 11 is 1.29. The largest absolute Gasteiger partial charge is 0.496 e. The molecule has 0 saturated heterocycles. The number of methoxy groups -OCH3 is 1. The number of nitrogens with zero attached hydrogens (tertiary/aromatic N) is 1. The van der Waals surface area contributed by atoms with E-state index in [1.165, 1.54) is 25.4 Å². The molecule has 3 N–H and O–H groups in total. The zero-order valence-corrected chi connectivity index (χ0v) is 18.5. The van der Waals surface area contributed by atoms with Crippen molar-refractivity contribution < 1.29 is 19.1 Å². The Bertz CT molecular complexity index is 1130. The van der Waals surface area contributed by atoms with Gasteiger partial charge in [-0.2, -0.15) is 0 Å². The molecular weight excluding hydrogens is 416 g/mol. The number of nitrogens with one attached hydrogen (secondary N) is 3. The monoisotopic (exact) mass is 440 g/mol. The molecule has 2 aromatic carbocycles. The first-order valence-corrected chi connectivity index (χ1v) is 10.5. The molecule has 3 amide bonds.